The first-order valence-corrected chi connectivity index (χ1v) is 7.07. The van der Waals surface area contributed by atoms with Gasteiger partial charge in [0.25, 0.3) is 0 Å². The summed E-state index contributed by atoms with van der Waals surface area (Å²) in [7, 11) is 2.12. The van der Waals surface area contributed by atoms with Gasteiger partial charge in [0.15, 0.2) is 0 Å². The Morgan fingerprint density at radius 2 is 2.00 bits per heavy atom. The molecule has 0 radical (unpaired) electrons. The van der Waals surface area contributed by atoms with Crippen LogP contribution >= 0.6 is 0 Å². The summed E-state index contributed by atoms with van der Waals surface area (Å²) in [5.74, 6) is 0.975. The van der Waals surface area contributed by atoms with Gasteiger partial charge in [-0.2, -0.15) is 0 Å². The molecule has 3 heteroatoms. The van der Waals surface area contributed by atoms with Crippen molar-refractivity contribution in [3.05, 3.63) is 23.8 Å². The van der Waals surface area contributed by atoms with Crippen molar-refractivity contribution < 1.29 is 4.74 Å². The topological polar surface area (TPSA) is 38.5 Å². The Balaban J connectivity index is 2.57. The first-order valence-electron chi connectivity index (χ1n) is 7.07. The molecule has 1 aromatic rings. The van der Waals surface area contributed by atoms with E-state index in [9.17, 15) is 0 Å². The van der Waals surface area contributed by atoms with E-state index in [-0.39, 0.29) is 5.54 Å². The lowest BCUT2D eigenvalue weighted by Crippen LogP contribution is -2.33. The second-order valence-corrected chi connectivity index (χ2v) is 5.90. The summed E-state index contributed by atoms with van der Waals surface area (Å²) in [5, 5.41) is 0. The summed E-state index contributed by atoms with van der Waals surface area (Å²) in [6, 6.07) is 6.35. The van der Waals surface area contributed by atoms with E-state index >= 15 is 0 Å². The number of hydrogen-bond acceptors (Lipinski definition) is 3. The monoisotopic (exact) mass is 264 g/mol. The SMILES string of the molecule is CCOc1ccc(N(C)CCCC(C)(C)N)cc1C. The Kier molecular flexibility index (Phi) is 5.67. The molecule has 0 atom stereocenters. The van der Waals surface area contributed by atoms with Gasteiger partial charge in [0.05, 0.1) is 6.61 Å². The standard InChI is InChI=1S/C16H28N2O/c1-6-19-15-9-8-14(12-13(15)2)18(5)11-7-10-16(3,4)17/h8-9,12H,6-7,10-11,17H2,1-5H3. The lowest BCUT2D eigenvalue weighted by Gasteiger charge is -2.23. The van der Waals surface area contributed by atoms with E-state index in [1.165, 1.54) is 11.3 Å². The number of nitrogens with two attached hydrogens (primary N) is 1. The van der Waals surface area contributed by atoms with Crippen LogP contribution in [0.15, 0.2) is 18.2 Å². The average Bonchev–Trinajstić information content (AvgIpc) is 2.30. The van der Waals surface area contributed by atoms with Crippen molar-refractivity contribution in [2.24, 2.45) is 5.73 Å². The van der Waals surface area contributed by atoms with E-state index in [2.05, 4.69) is 50.9 Å². The molecule has 0 bridgehead atoms. The third-order valence-corrected chi connectivity index (χ3v) is 3.21. The predicted molar refractivity (Wildman–Crippen MR) is 83.1 cm³/mol. The predicted octanol–water partition coefficient (Wildman–Crippen LogP) is 3.35. The Hall–Kier alpha value is -1.22. The molecular formula is C16H28N2O. The zero-order valence-corrected chi connectivity index (χ0v) is 13.0. The number of hydrogen-bond donors (Lipinski definition) is 1. The molecule has 0 aliphatic rings. The van der Waals surface area contributed by atoms with E-state index in [0.29, 0.717) is 6.61 Å². The van der Waals surface area contributed by atoms with Crippen molar-refractivity contribution in [3.8, 4) is 5.75 Å². The van der Waals surface area contributed by atoms with Crippen molar-refractivity contribution in [3.63, 3.8) is 0 Å². The fourth-order valence-electron chi connectivity index (χ4n) is 2.09. The van der Waals surface area contributed by atoms with Crippen molar-refractivity contribution in [2.45, 2.75) is 46.1 Å². The van der Waals surface area contributed by atoms with Crippen molar-refractivity contribution in [1.29, 1.82) is 0 Å². The van der Waals surface area contributed by atoms with E-state index in [4.69, 9.17) is 10.5 Å². The highest BCUT2D eigenvalue weighted by Crippen LogP contribution is 2.24. The van der Waals surface area contributed by atoms with Gasteiger partial charge in [-0.1, -0.05) is 0 Å². The van der Waals surface area contributed by atoms with E-state index in [1.54, 1.807) is 0 Å². The first-order chi connectivity index (χ1) is 8.83. The zero-order valence-electron chi connectivity index (χ0n) is 13.0. The summed E-state index contributed by atoms with van der Waals surface area (Å²) < 4.78 is 5.56. The van der Waals surface area contributed by atoms with Gasteiger partial charge in [0.1, 0.15) is 5.75 Å². The van der Waals surface area contributed by atoms with Crippen LogP contribution in [0.1, 0.15) is 39.2 Å². The molecule has 0 spiro atoms. The lowest BCUT2D eigenvalue weighted by molar-refractivity contribution is 0.338. The van der Waals surface area contributed by atoms with Crippen LogP contribution in [0.3, 0.4) is 0 Å². The third-order valence-electron chi connectivity index (χ3n) is 3.21. The fraction of sp³-hybridized carbons (Fsp3) is 0.625. The van der Waals surface area contributed by atoms with E-state index < -0.39 is 0 Å². The van der Waals surface area contributed by atoms with Crippen LogP contribution < -0.4 is 15.4 Å². The maximum atomic E-state index is 6.00. The summed E-state index contributed by atoms with van der Waals surface area (Å²) in [5.41, 5.74) is 8.35. The molecule has 19 heavy (non-hydrogen) atoms. The van der Waals surface area contributed by atoms with Crippen LogP contribution in [0.25, 0.3) is 0 Å². The maximum Gasteiger partial charge on any atom is 0.122 e. The molecule has 0 unspecified atom stereocenters. The number of rotatable bonds is 7. The van der Waals surface area contributed by atoms with Gasteiger partial charge in [0, 0.05) is 24.8 Å². The summed E-state index contributed by atoms with van der Waals surface area (Å²) >= 11 is 0. The van der Waals surface area contributed by atoms with Crippen molar-refractivity contribution >= 4 is 5.69 Å². The molecule has 0 fully saturated rings. The summed E-state index contributed by atoms with van der Waals surface area (Å²) in [4.78, 5) is 2.27. The van der Waals surface area contributed by atoms with Crippen LogP contribution in [0.4, 0.5) is 5.69 Å². The molecule has 2 N–H and O–H groups in total. The van der Waals surface area contributed by atoms with Gasteiger partial charge in [-0.15, -0.1) is 0 Å². The minimum atomic E-state index is -0.0738. The molecular weight excluding hydrogens is 236 g/mol. The van der Waals surface area contributed by atoms with Gasteiger partial charge in [-0.3, -0.25) is 0 Å². The molecule has 0 aliphatic heterocycles. The smallest absolute Gasteiger partial charge is 0.122 e. The normalized spacial score (nSPS) is 11.5. The Bertz CT molecular complexity index is 396. The van der Waals surface area contributed by atoms with E-state index in [1.807, 2.05) is 6.92 Å². The number of anilines is 1. The Morgan fingerprint density at radius 3 is 2.53 bits per heavy atom. The lowest BCUT2D eigenvalue weighted by atomic mass is 10.00. The highest BCUT2D eigenvalue weighted by atomic mass is 16.5. The largest absolute Gasteiger partial charge is 0.494 e. The van der Waals surface area contributed by atoms with E-state index in [0.717, 1.165) is 25.1 Å². The molecule has 0 saturated heterocycles. The Labute approximate surface area is 117 Å². The van der Waals surface area contributed by atoms with Crippen LogP contribution in [-0.2, 0) is 0 Å². The number of nitrogens with zero attached hydrogens (tertiary/aromatic N) is 1. The second-order valence-electron chi connectivity index (χ2n) is 5.90. The highest BCUT2D eigenvalue weighted by Gasteiger charge is 2.11. The molecule has 108 valence electrons. The molecule has 3 nitrogen and oxygen atoms in total. The van der Waals surface area contributed by atoms with Crippen LogP contribution in [0, 0.1) is 6.92 Å². The maximum absolute atomic E-state index is 6.00. The quantitative estimate of drug-likeness (QED) is 0.821. The molecule has 1 aromatic carbocycles. The minimum absolute atomic E-state index is 0.0738. The molecule has 0 aliphatic carbocycles. The van der Waals surface area contributed by atoms with Gasteiger partial charge in [0.2, 0.25) is 0 Å². The fourth-order valence-corrected chi connectivity index (χ4v) is 2.09. The van der Waals surface area contributed by atoms with Crippen LogP contribution in [0.2, 0.25) is 0 Å². The zero-order chi connectivity index (χ0) is 14.5. The van der Waals surface area contributed by atoms with Crippen LogP contribution in [0.5, 0.6) is 5.75 Å². The number of aryl methyl sites for hydroxylation is 1. The molecule has 0 heterocycles. The van der Waals surface area contributed by atoms with Gasteiger partial charge >= 0.3 is 0 Å². The number of ether oxygens (including phenoxy) is 1. The number of benzene rings is 1. The third kappa shape index (κ3) is 5.52. The van der Waals surface area contributed by atoms with Gasteiger partial charge < -0.3 is 15.4 Å². The molecule has 0 aromatic heterocycles. The van der Waals surface area contributed by atoms with Gasteiger partial charge in [-0.25, -0.2) is 0 Å². The molecule has 1 rings (SSSR count). The highest BCUT2D eigenvalue weighted by molar-refractivity contribution is 5.52. The average molecular weight is 264 g/mol. The first kappa shape index (κ1) is 15.8. The molecule has 0 saturated carbocycles. The second kappa shape index (κ2) is 6.80. The Morgan fingerprint density at radius 1 is 1.32 bits per heavy atom. The van der Waals surface area contributed by atoms with Gasteiger partial charge in [-0.05, 0) is 64.3 Å². The summed E-state index contributed by atoms with van der Waals surface area (Å²) in [6.07, 6.45) is 2.14. The van der Waals surface area contributed by atoms with Crippen molar-refractivity contribution in [2.75, 3.05) is 25.1 Å². The summed E-state index contributed by atoms with van der Waals surface area (Å²) in [6.45, 7) is 9.98. The minimum Gasteiger partial charge on any atom is -0.494 e. The van der Waals surface area contributed by atoms with Crippen LogP contribution in [-0.4, -0.2) is 25.7 Å². The van der Waals surface area contributed by atoms with Crippen molar-refractivity contribution in [1.82, 2.24) is 0 Å². The molecule has 0 amide bonds.